The lowest BCUT2D eigenvalue weighted by atomic mass is 10.1. The van der Waals surface area contributed by atoms with Gasteiger partial charge in [-0.15, -0.1) is 0 Å². The number of ether oxygens (including phenoxy) is 2. The van der Waals surface area contributed by atoms with Gasteiger partial charge in [-0.25, -0.2) is 0 Å². The van der Waals surface area contributed by atoms with E-state index in [-0.39, 0.29) is 11.8 Å². The van der Waals surface area contributed by atoms with Crippen molar-refractivity contribution in [2.45, 2.75) is 25.8 Å². The van der Waals surface area contributed by atoms with Crippen molar-refractivity contribution in [3.8, 4) is 11.5 Å². The minimum absolute atomic E-state index is 0.0313. The summed E-state index contributed by atoms with van der Waals surface area (Å²) in [5, 5.41) is 2.90. The Morgan fingerprint density at radius 1 is 1.08 bits per heavy atom. The van der Waals surface area contributed by atoms with E-state index in [4.69, 9.17) is 9.47 Å². The first kappa shape index (κ1) is 16.4. The molecule has 0 spiro atoms. The topological polar surface area (TPSA) is 67.9 Å². The van der Waals surface area contributed by atoms with Crippen molar-refractivity contribution in [1.29, 1.82) is 0 Å². The lowest BCUT2D eigenvalue weighted by molar-refractivity contribution is -0.120. The number of hydrogen-bond acceptors (Lipinski definition) is 4. The number of anilines is 2. The van der Waals surface area contributed by atoms with Gasteiger partial charge in [-0.3, -0.25) is 14.5 Å². The van der Waals surface area contributed by atoms with Crippen molar-refractivity contribution in [2.75, 3.05) is 23.4 Å². The van der Waals surface area contributed by atoms with E-state index < -0.39 is 6.04 Å². The van der Waals surface area contributed by atoms with Gasteiger partial charge in [0.25, 0.3) is 0 Å². The molecule has 0 aromatic heterocycles. The van der Waals surface area contributed by atoms with Gasteiger partial charge in [-0.2, -0.15) is 0 Å². The van der Waals surface area contributed by atoms with Gasteiger partial charge in [-0.1, -0.05) is 17.7 Å². The summed E-state index contributed by atoms with van der Waals surface area (Å²) in [5.74, 6) is 1.06. The second-order valence-corrected chi connectivity index (χ2v) is 6.50. The molecule has 2 amide bonds. The van der Waals surface area contributed by atoms with Gasteiger partial charge in [0.2, 0.25) is 11.8 Å². The minimum atomic E-state index is -0.515. The Bertz CT molecular complexity index is 847. The molecular formula is C20H20N2O4. The van der Waals surface area contributed by atoms with Gasteiger partial charge >= 0.3 is 0 Å². The van der Waals surface area contributed by atoms with Crippen LogP contribution in [0.5, 0.6) is 11.5 Å². The molecule has 1 saturated heterocycles. The Morgan fingerprint density at radius 3 is 2.58 bits per heavy atom. The van der Waals surface area contributed by atoms with Crippen LogP contribution in [-0.2, 0) is 9.59 Å². The Hall–Kier alpha value is -3.02. The van der Waals surface area contributed by atoms with Gasteiger partial charge in [0.1, 0.15) is 19.3 Å². The number of aryl methyl sites for hydroxylation is 1. The van der Waals surface area contributed by atoms with E-state index in [9.17, 15) is 9.59 Å². The summed E-state index contributed by atoms with van der Waals surface area (Å²) < 4.78 is 11.0. The molecule has 6 heteroatoms. The molecule has 1 N–H and O–H groups in total. The highest BCUT2D eigenvalue weighted by molar-refractivity contribution is 6.07. The van der Waals surface area contributed by atoms with Gasteiger partial charge in [-0.05, 0) is 37.6 Å². The molecule has 1 fully saturated rings. The number of carbonyl (C=O) groups excluding carboxylic acids is 2. The fraction of sp³-hybridized carbons (Fsp3) is 0.300. The van der Waals surface area contributed by atoms with Gasteiger partial charge in [0.15, 0.2) is 11.5 Å². The first-order valence-electron chi connectivity index (χ1n) is 8.71. The summed E-state index contributed by atoms with van der Waals surface area (Å²) in [5.41, 5.74) is 2.49. The third-order valence-electron chi connectivity index (χ3n) is 4.64. The molecule has 0 radical (unpaired) electrons. The molecule has 2 aliphatic rings. The first-order chi connectivity index (χ1) is 12.6. The van der Waals surface area contributed by atoms with Crippen LogP contribution in [-0.4, -0.2) is 31.1 Å². The molecule has 0 aliphatic carbocycles. The molecule has 2 aromatic rings. The quantitative estimate of drug-likeness (QED) is 0.922. The number of hydrogen-bond donors (Lipinski definition) is 1. The summed E-state index contributed by atoms with van der Waals surface area (Å²) in [7, 11) is 0. The average molecular weight is 352 g/mol. The number of benzene rings is 2. The van der Waals surface area contributed by atoms with Crippen molar-refractivity contribution in [3.63, 3.8) is 0 Å². The molecule has 0 bridgehead atoms. The average Bonchev–Trinajstić information content (AvgIpc) is 3.04. The summed E-state index contributed by atoms with van der Waals surface area (Å²) in [6.45, 7) is 3.00. The van der Waals surface area contributed by atoms with E-state index in [1.807, 2.05) is 31.2 Å². The van der Waals surface area contributed by atoms with E-state index >= 15 is 0 Å². The number of amides is 2. The number of fused-ring (bicyclic) bond motifs is 1. The highest BCUT2D eigenvalue weighted by atomic mass is 16.6. The van der Waals surface area contributed by atoms with Gasteiger partial charge in [0.05, 0.1) is 0 Å². The van der Waals surface area contributed by atoms with Crippen LogP contribution < -0.4 is 19.7 Å². The molecule has 1 atom stereocenters. The number of nitrogens with one attached hydrogen (secondary N) is 1. The Balaban J connectivity index is 1.53. The molecule has 2 heterocycles. The van der Waals surface area contributed by atoms with Crippen molar-refractivity contribution in [2.24, 2.45) is 0 Å². The SMILES string of the molecule is Cc1ccc(N2C(=O)CCC2C(=O)Nc2ccc3c(c2)OCCO3)cc1. The summed E-state index contributed by atoms with van der Waals surface area (Å²) in [6.07, 6.45) is 0.871. The normalized spacial score (nSPS) is 18.7. The molecule has 4 rings (SSSR count). The van der Waals surface area contributed by atoms with Crippen molar-refractivity contribution < 1.29 is 19.1 Å². The van der Waals surface area contributed by atoms with Crippen LogP contribution in [0.2, 0.25) is 0 Å². The van der Waals surface area contributed by atoms with Crippen LogP contribution in [0.3, 0.4) is 0 Å². The zero-order valence-corrected chi connectivity index (χ0v) is 14.5. The third kappa shape index (κ3) is 3.10. The van der Waals surface area contributed by atoms with Crippen LogP contribution in [0.4, 0.5) is 11.4 Å². The maximum absolute atomic E-state index is 12.8. The third-order valence-corrected chi connectivity index (χ3v) is 4.64. The van der Waals surface area contributed by atoms with Crippen LogP contribution in [0.1, 0.15) is 18.4 Å². The second kappa shape index (κ2) is 6.71. The van der Waals surface area contributed by atoms with E-state index in [1.165, 1.54) is 0 Å². The zero-order chi connectivity index (χ0) is 18.1. The van der Waals surface area contributed by atoms with E-state index in [2.05, 4.69) is 5.32 Å². The summed E-state index contributed by atoms with van der Waals surface area (Å²) in [6, 6.07) is 12.4. The lowest BCUT2D eigenvalue weighted by Gasteiger charge is -2.25. The lowest BCUT2D eigenvalue weighted by Crippen LogP contribution is -2.41. The van der Waals surface area contributed by atoms with Crippen molar-refractivity contribution in [3.05, 3.63) is 48.0 Å². The summed E-state index contributed by atoms with van der Waals surface area (Å²) in [4.78, 5) is 26.7. The van der Waals surface area contributed by atoms with Crippen LogP contribution in [0, 0.1) is 6.92 Å². The molecule has 134 valence electrons. The fourth-order valence-corrected chi connectivity index (χ4v) is 3.31. The standard InChI is InChI=1S/C20H20N2O4/c1-13-2-5-15(6-3-13)22-16(7-9-19(22)23)20(24)21-14-4-8-17-18(12-14)26-11-10-25-17/h2-6,8,12,16H,7,9-11H2,1H3,(H,21,24). The number of nitrogens with zero attached hydrogens (tertiary/aromatic N) is 1. The summed E-state index contributed by atoms with van der Waals surface area (Å²) >= 11 is 0. The Morgan fingerprint density at radius 2 is 1.81 bits per heavy atom. The van der Waals surface area contributed by atoms with E-state index in [0.29, 0.717) is 43.2 Å². The predicted molar refractivity (Wildman–Crippen MR) is 97.7 cm³/mol. The molecule has 1 unspecified atom stereocenters. The molecule has 2 aliphatic heterocycles. The Labute approximate surface area is 151 Å². The molecule has 0 saturated carbocycles. The minimum Gasteiger partial charge on any atom is -0.486 e. The van der Waals surface area contributed by atoms with Gasteiger partial charge in [0, 0.05) is 23.9 Å². The number of rotatable bonds is 3. The van der Waals surface area contributed by atoms with Crippen LogP contribution in [0.25, 0.3) is 0 Å². The molecule has 26 heavy (non-hydrogen) atoms. The smallest absolute Gasteiger partial charge is 0.247 e. The monoisotopic (exact) mass is 352 g/mol. The van der Waals surface area contributed by atoms with Crippen LogP contribution >= 0.6 is 0 Å². The van der Waals surface area contributed by atoms with Crippen molar-refractivity contribution in [1.82, 2.24) is 0 Å². The van der Waals surface area contributed by atoms with Crippen molar-refractivity contribution >= 4 is 23.2 Å². The maximum atomic E-state index is 12.8. The largest absolute Gasteiger partial charge is 0.486 e. The highest BCUT2D eigenvalue weighted by Gasteiger charge is 2.37. The first-order valence-corrected chi connectivity index (χ1v) is 8.71. The fourth-order valence-electron chi connectivity index (χ4n) is 3.31. The molecular weight excluding hydrogens is 332 g/mol. The second-order valence-electron chi connectivity index (χ2n) is 6.50. The highest BCUT2D eigenvalue weighted by Crippen LogP contribution is 2.33. The number of carbonyl (C=O) groups is 2. The zero-order valence-electron chi connectivity index (χ0n) is 14.5. The molecule has 6 nitrogen and oxygen atoms in total. The predicted octanol–water partition coefficient (Wildman–Crippen LogP) is 2.90. The van der Waals surface area contributed by atoms with E-state index in [1.54, 1.807) is 23.1 Å². The maximum Gasteiger partial charge on any atom is 0.247 e. The van der Waals surface area contributed by atoms with Gasteiger partial charge < -0.3 is 14.8 Å². The van der Waals surface area contributed by atoms with E-state index in [0.717, 1.165) is 11.3 Å². The Kier molecular flexibility index (Phi) is 4.24. The molecule has 2 aromatic carbocycles. The van der Waals surface area contributed by atoms with Crippen LogP contribution in [0.15, 0.2) is 42.5 Å².